The van der Waals surface area contributed by atoms with Crippen molar-refractivity contribution in [3.8, 4) is 0 Å². The van der Waals surface area contributed by atoms with Gasteiger partial charge in [-0.15, -0.1) is 0 Å². The molecule has 0 saturated carbocycles. The molecule has 4 unspecified atom stereocenters. The first-order valence-corrected chi connectivity index (χ1v) is 14.0. The number of hydrogen-bond donors (Lipinski definition) is 4. The Morgan fingerprint density at radius 3 is 0.545 bits per heavy atom. The van der Waals surface area contributed by atoms with Gasteiger partial charge in [-0.1, -0.05) is 0 Å². The third kappa shape index (κ3) is 28.5. The van der Waals surface area contributed by atoms with Gasteiger partial charge in [0.1, 0.15) is 0 Å². The van der Waals surface area contributed by atoms with Gasteiger partial charge in [-0.25, -0.2) is 33.7 Å². The number of hydrogen-bond acceptors (Lipinski definition) is 16. The molecule has 0 aliphatic rings. The average molecular weight is 764 g/mol. The molecule has 0 aromatic heterocycles. The second kappa shape index (κ2) is 19.6. The van der Waals surface area contributed by atoms with Crippen molar-refractivity contribution in [3.05, 3.63) is 0 Å². The Kier molecular flexibility index (Phi) is 25.8. The molecule has 4 N–H and O–H groups in total. The number of aliphatic hydroxyl groups is 4. The third-order valence-electron chi connectivity index (χ3n) is 3.00. The van der Waals surface area contributed by atoms with E-state index in [0.717, 1.165) is 27.7 Å². The van der Waals surface area contributed by atoms with Crippen LogP contribution in [0.4, 0.5) is 0 Å². The second-order valence-electron chi connectivity index (χ2n) is 5.94. The Labute approximate surface area is 214 Å². The Bertz CT molecular complexity index is 745. The zero-order valence-corrected chi connectivity index (χ0v) is 25.1. The first-order chi connectivity index (χ1) is 13.9. The number of aliphatic hydroxyl groups excluding tert-OH is 4. The van der Waals surface area contributed by atoms with E-state index < -0.39 is 87.9 Å². The van der Waals surface area contributed by atoms with Gasteiger partial charge in [0.25, 0.3) is 0 Å². The summed E-state index contributed by atoms with van der Waals surface area (Å²) in [5.74, 6) is 0. The maximum Gasteiger partial charge on any atom is 0.0995 e. The smallest absolute Gasteiger partial charge is 0.0995 e. The molecule has 4 atom stereocenters. The van der Waals surface area contributed by atoms with Crippen LogP contribution in [-0.4, -0.2) is 147 Å². The second-order valence-corrected chi connectivity index (χ2v) is 13.1. The van der Waals surface area contributed by atoms with E-state index in [1.807, 2.05) is 0 Å². The van der Waals surface area contributed by atoms with Gasteiger partial charge in [-0.05, 0) is 27.7 Å². The molecule has 21 heteroatoms. The van der Waals surface area contributed by atoms with Gasteiger partial charge in [-0.3, -0.25) is 0 Å². The Morgan fingerprint density at radius 2 is 0.545 bits per heavy atom. The summed E-state index contributed by atoms with van der Waals surface area (Å²) in [6.07, 6.45) is 0. The molecular formula is C12H28O16PbS4-4. The van der Waals surface area contributed by atoms with Crippen LogP contribution in [0.2, 0.25) is 0 Å². The van der Waals surface area contributed by atoms with Gasteiger partial charge >= 0.3 is 0 Å². The maximum atomic E-state index is 9.85. The fourth-order valence-corrected chi connectivity index (χ4v) is 1.10. The van der Waals surface area contributed by atoms with E-state index in [4.69, 9.17) is 20.4 Å². The largest absolute Gasteiger partial charge is 0.748 e. The van der Waals surface area contributed by atoms with E-state index in [2.05, 4.69) is 0 Å². The first kappa shape index (κ1) is 43.5. The van der Waals surface area contributed by atoms with Gasteiger partial charge in [-0.2, -0.15) is 0 Å². The summed E-state index contributed by atoms with van der Waals surface area (Å²) in [7, 11) is -17.0. The van der Waals surface area contributed by atoms with Crippen LogP contribution in [0.25, 0.3) is 0 Å². The predicted molar refractivity (Wildman–Crippen MR) is 111 cm³/mol. The van der Waals surface area contributed by atoms with Crippen LogP contribution in [0.5, 0.6) is 0 Å². The van der Waals surface area contributed by atoms with Crippen LogP contribution >= 0.6 is 0 Å². The van der Waals surface area contributed by atoms with Crippen LogP contribution < -0.4 is 0 Å². The van der Waals surface area contributed by atoms with Gasteiger partial charge in [0.15, 0.2) is 0 Å². The molecule has 0 saturated heterocycles. The summed E-state index contributed by atoms with van der Waals surface area (Å²) in [5, 5.41) is 27.7. The molecule has 16 nitrogen and oxygen atoms in total. The monoisotopic (exact) mass is 764 g/mol. The van der Waals surface area contributed by atoms with Gasteiger partial charge in [0.2, 0.25) is 0 Å². The molecule has 204 valence electrons. The first-order valence-electron chi connectivity index (χ1n) is 8.15. The van der Waals surface area contributed by atoms with Crippen molar-refractivity contribution in [2.24, 2.45) is 0 Å². The van der Waals surface area contributed by atoms with Crippen molar-refractivity contribution < 1.29 is 72.3 Å². The van der Waals surface area contributed by atoms with Crippen LogP contribution in [0, 0.1) is 0 Å². The summed E-state index contributed by atoms with van der Waals surface area (Å²) in [5.41, 5.74) is 0. The molecular weight excluding hydrogens is 736 g/mol. The normalized spacial score (nSPS) is 15.4. The molecule has 4 radical (unpaired) electrons. The van der Waals surface area contributed by atoms with E-state index in [1.165, 1.54) is 0 Å². The minimum Gasteiger partial charge on any atom is -0.748 e. The summed E-state index contributed by atoms with van der Waals surface area (Å²) in [6.45, 7) is 2.20. The van der Waals surface area contributed by atoms with E-state index in [0.29, 0.717) is 0 Å². The Hall–Kier alpha value is 0.402. The summed E-state index contributed by atoms with van der Waals surface area (Å²) < 4.78 is 118. The quantitative estimate of drug-likeness (QED) is 0.133. The SMILES string of the molecule is CC(CO)S(=O)(=O)[O-].CC(CO)S(=O)(=O)[O-].CC(CO)S(=O)(=O)[O-].CC(CO)S(=O)(=O)[O-].[Pb]. The fourth-order valence-electron chi connectivity index (χ4n) is 0.365. The van der Waals surface area contributed by atoms with Crippen LogP contribution in [0.1, 0.15) is 27.7 Å². The van der Waals surface area contributed by atoms with Crippen molar-refractivity contribution in [2.75, 3.05) is 26.4 Å². The molecule has 0 amide bonds. The van der Waals surface area contributed by atoms with Crippen molar-refractivity contribution >= 4 is 67.8 Å². The molecule has 0 aromatic carbocycles. The van der Waals surface area contributed by atoms with Gasteiger partial charge in [0, 0.05) is 27.3 Å². The standard InChI is InChI=1S/4C3H8O4S.Pb/c4*1-3(2-4)8(5,6)7;/h4*3-4H,2H2,1H3,(H,5,6,7);/p-4. The fraction of sp³-hybridized carbons (Fsp3) is 1.00. The molecule has 0 bridgehead atoms. The Morgan fingerprint density at radius 1 is 0.455 bits per heavy atom. The average Bonchev–Trinajstić information content (AvgIpc) is 2.63. The van der Waals surface area contributed by atoms with Crippen molar-refractivity contribution in [3.63, 3.8) is 0 Å². The molecule has 0 aliphatic heterocycles. The molecule has 0 spiro atoms. The molecule has 0 heterocycles. The van der Waals surface area contributed by atoms with Crippen LogP contribution in [0.3, 0.4) is 0 Å². The van der Waals surface area contributed by atoms with Crippen molar-refractivity contribution in [2.45, 2.75) is 48.7 Å². The van der Waals surface area contributed by atoms with E-state index >= 15 is 0 Å². The zero-order chi connectivity index (χ0) is 27.1. The molecule has 0 aromatic rings. The van der Waals surface area contributed by atoms with E-state index in [1.54, 1.807) is 0 Å². The molecule has 0 fully saturated rings. The molecule has 0 rings (SSSR count). The van der Waals surface area contributed by atoms with Crippen LogP contribution in [-0.2, 0) is 40.5 Å². The summed E-state index contributed by atoms with van der Waals surface area (Å²) in [4.78, 5) is 0. The summed E-state index contributed by atoms with van der Waals surface area (Å²) in [6, 6.07) is 0. The van der Waals surface area contributed by atoms with Crippen LogP contribution in [0.15, 0.2) is 0 Å². The minimum atomic E-state index is -4.25. The topological polar surface area (TPSA) is 310 Å². The maximum absolute atomic E-state index is 9.85. The minimum absolute atomic E-state index is 0. The van der Waals surface area contributed by atoms with Crippen molar-refractivity contribution in [1.29, 1.82) is 0 Å². The Balaban J connectivity index is -0.000000105. The third-order valence-corrected chi connectivity index (χ3v) is 7.54. The van der Waals surface area contributed by atoms with E-state index in [9.17, 15) is 51.9 Å². The van der Waals surface area contributed by atoms with E-state index in [-0.39, 0.29) is 27.3 Å². The molecule has 0 aliphatic carbocycles. The predicted octanol–water partition coefficient (Wildman–Crippen LogP) is -4.73. The summed E-state index contributed by atoms with van der Waals surface area (Å²) >= 11 is 0. The number of rotatable bonds is 8. The molecule has 33 heavy (non-hydrogen) atoms. The zero-order valence-electron chi connectivity index (χ0n) is 18.0. The van der Waals surface area contributed by atoms with Crippen molar-refractivity contribution in [1.82, 2.24) is 0 Å². The van der Waals surface area contributed by atoms with Gasteiger partial charge < -0.3 is 38.6 Å². The van der Waals surface area contributed by atoms with Gasteiger partial charge in [0.05, 0.1) is 87.9 Å².